The minimum atomic E-state index is -1.66. The van der Waals surface area contributed by atoms with Gasteiger partial charge in [0.2, 0.25) is 17.5 Å². The predicted molar refractivity (Wildman–Crippen MR) is 119 cm³/mol. The molecular formula is C23H24O12. The second-order valence-electron chi connectivity index (χ2n) is 7.81. The van der Waals surface area contributed by atoms with Crippen molar-refractivity contribution >= 4 is 11.0 Å². The van der Waals surface area contributed by atoms with Gasteiger partial charge in [-0.05, 0) is 18.2 Å². The van der Waals surface area contributed by atoms with Crippen LogP contribution in [0.1, 0.15) is 0 Å². The zero-order valence-corrected chi connectivity index (χ0v) is 18.6. The number of methoxy groups -OCH3 is 2. The van der Waals surface area contributed by atoms with Crippen LogP contribution in [0.5, 0.6) is 28.7 Å². The van der Waals surface area contributed by atoms with Crippen LogP contribution in [-0.4, -0.2) is 82.2 Å². The minimum absolute atomic E-state index is 0.00602. The molecule has 0 saturated carbocycles. The second kappa shape index (κ2) is 9.60. The van der Waals surface area contributed by atoms with Gasteiger partial charge in [-0.15, -0.1) is 0 Å². The fourth-order valence-corrected chi connectivity index (χ4v) is 3.81. The predicted octanol–water partition coefficient (Wildman–Crippen LogP) is 0.0671. The monoisotopic (exact) mass is 492 g/mol. The van der Waals surface area contributed by atoms with Crippen LogP contribution < -0.4 is 19.6 Å². The van der Waals surface area contributed by atoms with Gasteiger partial charge in [0.05, 0.1) is 20.8 Å². The lowest BCUT2D eigenvalue weighted by molar-refractivity contribution is -0.277. The second-order valence-corrected chi connectivity index (χ2v) is 7.81. The summed E-state index contributed by atoms with van der Waals surface area (Å²) in [5.41, 5.74) is -0.375. The Morgan fingerprint density at radius 1 is 0.943 bits per heavy atom. The van der Waals surface area contributed by atoms with E-state index in [-0.39, 0.29) is 45.3 Å². The smallest absolute Gasteiger partial charge is 0.239 e. The lowest BCUT2D eigenvalue weighted by atomic mass is 9.99. The average Bonchev–Trinajstić information content (AvgIpc) is 2.85. The summed E-state index contributed by atoms with van der Waals surface area (Å²) in [6.45, 7) is -0.636. The van der Waals surface area contributed by atoms with Gasteiger partial charge < -0.3 is 54.0 Å². The number of hydrogen-bond donors (Lipinski definition) is 6. The van der Waals surface area contributed by atoms with E-state index in [0.717, 1.165) is 0 Å². The number of aliphatic hydroxyl groups is 4. The molecule has 4 rings (SSSR count). The summed E-state index contributed by atoms with van der Waals surface area (Å²) in [5.74, 6) is -0.992. The van der Waals surface area contributed by atoms with Gasteiger partial charge in [0.1, 0.15) is 46.9 Å². The van der Waals surface area contributed by atoms with Gasteiger partial charge in [-0.3, -0.25) is 4.79 Å². The number of aromatic hydroxyl groups is 2. The Balaban J connectivity index is 1.82. The first-order chi connectivity index (χ1) is 16.7. The van der Waals surface area contributed by atoms with Crippen molar-refractivity contribution in [1.29, 1.82) is 0 Å². The summed E-state index contributed by atoms with van der Waals surface area (Å²) < 4.78 is 27.5. The van der Waals surface area contributed by atoms with Crippen molar-refractivity contribution in [2.45, 2.75) is 30.7 Å². The third-order valence-corrected chi connectivity index (χ3v) is 5.65. The van der Waals surface area contributed by atoms with Crippen molar-refractivity contribution in [3.8, 4) is 40.1 Å². The highest BCUT2D eigenvalue weighted by Gasteiger charge is 2.44. The van der Waals surface area contributed by atoms with Crippen molar-refractivity contribution in [3.05, 3.63) is 40.6 Å². The van der Waals surface area contributed by atoms with Crippen molar-refractivity contribution in [3.63, 3.8) is 0 Å². The van der Waals surface area contributed by atoms with Gasteiger partial charge in [0, 0.05) is 17.7 Å². The summed E-state index contributed by atoms with van der Waals surface area (Å²) in [4.78, 5) is 13.2. The summed E-state index contributed by atoms with van der Waals surface area (Å²) in [6.07, 6.45) is -7.53. The molecule has 6 N–H and O–H groups in total. The Morgan fingerprint density at radius 3 is 2.31 bits per heavy atom. The number of hydrogen-bond acceptors (Lipinski definition) is 12. The maximum Gasteiger partial charge on any atom is 0.239 e. The maximum atomic E-state index is 13.2. The molecule has 0 aliphatic carbocycles. The molecule has 35 heavy (non-hydrogen) atoms. The van der Waals surface area contributed by atoms with Crippen LogP contribution in [-0.2, 0) is 4.74 Å². The first kappa shape index (κ1) is 24.6. The summed E-state index contributed by atoms with van der Waals surface area (Å²) in [7, 11) is 2.58. The molecule has 12 nitrogen and oxygen atoms in total. The van der Waals surface area contributed by atoms with Crippen LogP contribution in [0.4, 0.5) is 0 Å². The van der Waals surface area contributed by atoms with E-state index in [1.165, 1.54) is 44.6 Å². The molecule has 2 aromatic carbocycles. The molecule has 0 amide bonds. The van der Waals surface area contributed by atoms with Gasteiger partial charge in [-0.2, -0.15) is 0 Å². The normalized spacial score (nSPS) is 24.3. The highest BCUT2D eigenvalue weighted by Crippen LogP contribution is 2.39. The number of aliphatic hydroxyl groups excluding tert-OH is 4. The Bertz CT molecular complexity index is 1280. The van der Waals surface area contributed by atoms with E-state index in [1.54, 1.807) is 0 Å². The van der Waals surface area contributed by atoms with E-state index in [2.05, 4.69) is 0 Å². The highest BCUT2D eigenvalue weighted by atomic mass is 16.7. The first-order valence-corrected chi connectivity index (χ1v) is 10.4. The number of ether oxygens (including phenoxy) is 4. The van der Waals surface area contributed by atoms with E-state index in [9.17, 15) is 35.4 Å². The molecule has 1 aliphatic heterocycles. The van der Waals surface area contributed by atoms with E-state index >= 15 is 0 Å². The summed E-state index contributed by atoms with van der Waals surface area (Å²) in [5, 5.41) is 59.1. The van der Waals surface area contributed by atoms with Gasteiger partial charge >= 0.3 is 0 Å². The largest absolute Gasteiger partial charge is 0.504 e. The van der Waals surface area contributed by atoms with E-state index in [0.29, 0.717) is 0 Å². The third-order valence-electron chi connectivity index (χ3n) is 5.65. The molecule has 1 fully saturated rings. The van der Waals surface area contributed by atoms with E-state index in [4.69, 9.17) is 23.4 Å². The van der Waals surface area contributed by atoms with Crippen molar-refractivity contribution in [2.24, 2.45) is 0 Å². The molecule has 3 aromatic rings. The fraction of sp³-hybridized carbons (Fsp3) is 0.348. The fourth-order valence-electron chi connectivity index (χ4n) is 3.81. The van der Waals surface area contributed by atoms with Crippen LogP contribution >= 0.6 is 0 Å². The first-order valence-electron chi connectivity index (χ1n) is 10.4. The Hall–Kier alpha value is -3.55. The van der Waals surface area contributed by atoms with Crippen LogP contribution in [0.25, 0.3) is 22.3 Å². The maximum absolute atomic E-state index is 13.2. The number of phenolic OH excluding ortho intramolecular Hbond substituents is 2. The van der Waals surface area contributed by atoms with Crippen molar-refractivity contribution in [1.82, 2.24) is 0 Å². The topological polar surface area (TPSA) is 189 Å². The van der Waals surface area contributed by atoms with Gasteiger partial charge in [0.15, 0.2) is 17.3 Å². The Kier molecular flexibility index (Phi) is 6.74. The molecule has 2 heterocycles. The van der Waals surface area contributed by atoms with E-state index in [1.807, 2.05) is 0 Å². The SMILES string of the molecule is COc1c(-c2ccc(O)c(O)c2)oc2cc(O[C@@H]3OC(CO)[C@@H](O)C(O)[C@@H]3O)cc(OC)c2c1=O. The van der Waals surface area contributed by atoms with Crippen LogP contribution in [0.15, 0.2) is 39.5 Å². The Labute approximate surface area is 197 Å². The minimum Gasteiger partial charge on any atom is -0.504 e. The van der Waals surface area contributed by atoms with Gasteiger partial charge in [-0.25, -0.2) is 0 Å². The molecule has 1 aromatic heterocycles. The van der Waals surface area contributed by atoms with Crippen LogP contribution in [0.2, 0.25) is 0 Å². The zero-order valence-electron chi connectivity index (χ0n) is 18.6. The van der Waals surface area contributed by atoms with Gasteiger partial charge in [-0.1, -0.05) is 0 Å². The molecule has 0 bridgehead atoms. The molecule has 12 heteroatoms. The number of fused-ring (bicyclic) bond motifs is 1. The highest BCUT2D eigenvalue weighted by molar-refractivity contribution is 5.88. The quantitative estimate of drug-likeness (QED) is 0.254. The zero-order chi connectivity index (χ0) is 25.4. The van der Waals surface area contributed by atoms with Crippen molar-refractivity contribution in [2.75, 3.05) is 20.8 Å². The van der Waals surface area contributed by atoms with E-state index < -0.39 is 48.5 Å². The lowest BCUT2D eigenvalue weighted by Gasteiger charge is -2.39. The van der Waals surface area contributed by atoms with Gasteiger partial charge in [0.25, 0.3) is 0 Å². The summed E-state index contributed by atoms with van der Waals surface area (Å²) in [6, 6.07) is 6.45. The summed E-state index contributed by atoms with van der Waals surface area (Å²) >= 11 is 0. The molecule has 1 saturated heterocycles. The Morgan fingerprint density at radius 2 is 1.69 bits per heavy atom. The molecular weight excluding hydrogens is 468 g/mol. The molecule has 0 spiro atoms. The van der Waals surface area contributed by atoms with Crippen molar-refractivity contribution < 1.29 is 54.0 Å². The lowest BCUT2D eigenvalue weighted by Crippen LogP contribution is -2.60. The van der Waals surface area contributed by atoms with Crippen LogP contribution in [0, 0.1) is 0 Å². The molecule has 188 valence electrons. The average molecular weight is 492 g/mol. The molecule has 0 radical (unpaired) electrons. The standard InChI is InChI=1S/C23H24O12/c1-31-13-6-10(33-23-20(30)19(29)17(27)15(8-24)35-23)7-14-16(13)18(28)22(32-2)21(34-14)9-3-4-11(25)12(26)5-9/h3-7,15,17,19-20,23-27,29-30H,8H2,1-2H3/t15?,17-,19?,20+,23-/m1/s1. The number of rotatable bonds is 6. The van der Waals surface area contributed by atoms with Crippen LogP contribution in [0.3, 0.4) is 0 Å². The third kappa shape index (κ3) is 4.33. The molecule has 5 atom stereocenters. The number of benzene rings is 2. The molecule has 2 unspecified atom stereocenters. The molecule has 1 aliphatic rings. The number of phenols is 2.